The standard InChI is InChI=1S/C28H29NO7/c1-31-18-7-8-19-20(13-18)29-26(16-6-9-22(32-2)21(30)10-16)25(19)28(14-36-15-28)17-11-23(33-3)27(35-5)24(12-17)34-4/h6-13,29-30H,14-15H2,1-5H3. The fraction of sp³-hybridized carbons (Fsp3) is 0.286. The topological polar surface area (TPSA) is 91.4 Å². The lowest BCUT2D eigenvalue weighted by Crippen LogP contribution is -2.48. The Morgan fingerprint density at radius 3 is 2.00 bits per heavy atom. The Balaban J connectivity index is 1.80. The lowest BCUT2D eigenvalue weighted by molar-refractivity contribution is -0.0371. The van der Waals surface area contributed by atoms with Gasteiger partial charge in [0.2, 0.25) is 5.75 Å². The molecule has 1 aliphatic rings. The summed E-state index contributed by atoms with van der Waals surface area (Å²) in [6.07, 6.45) is 0. The molecule has 0 spiro atoms. The van der Waals surface area contributed by atoms with E-state index < -0.39 is 5.41 Å². The summed E-state index contributed by atoms with van der Waals surface area (Å²) in [7, 11) is 7.97. The summed E-state index contributed by atoms with van der Waals surface area (Å²) < 4.78 is 33.4. The Hall–Kier alpha value is -4.04. The molecule has 5 rings (SSSR count). The number of fused-ring (bicyclic) bond motifs is 1. The number of H-pyrrole nitrogens is 1. The van der Waals surface area contributed by atoms with Gasteiger partial charge in [-0.2, -0.15) is 0 Å². The third-order valence-corrected chi connectivity index (χ3v) is 6.87. The molecule has 8 heteroatoms. The van der Waals surface area contributed by atoms with Crippen LogP contribution in [0.4, 0.5) is 0 Å². The first-order valence-corrected chi connectivity index (χ1v) is 11.5. The summed E-state index contributed by atoms with van der Waals surface area (Å²) in [6.45, 7) is 0.916. The maximum absolute atomic E-state index is 10.6. The van der Waals surface area contributed by atoms with Crippen molar-refractivity contribution < 1.29 is 33.5 Å². The molecule has 2 heterocycles. The van der Waals surface area contributed by atoms with Crippen LogP contribution in [0.25, 0.3) is 22.2 Å². The molecule has 0 unspecified atom stereocenters. The molecular weight excluding hydrogens is 462 g/mol. The summed E-state index contributed by atoms with van der Waals surface area (Å²) in [5.41, 5.74) is 4.10. The molecule has 0 amide bonds. The molecule has 4 aromatic rings. The number of nitrogens with one attached hydrogen (secondary N) is 1. The maximum atomic E-state index is 10.6. The zero-order valence-corrected chi connectivity index (χ0v) is 20.9. The van der Waals surface area contributed by atoms with Crippen molar-refractivity contribution in [3.8, 4) is 45.8 Å². The monoisotopic (exact) mass is 491 g/mol. The number of aromatic amines is 1. The predicted octanol–water partition coefficient (Wildman–Crippen LogP) is 4.90. The third kappa shape index (κ3) is 3.56. The van der Waals surface area contributed by atoms with Gasteiger partial charge in [0, 0.05) is 28.1 Å². The van der Waals surface area contributed by atoms with Crippen molar-refractivity contribution in [2.45, 2.75) is 5.41 Å². The molecule has 1 aromatic heterocycles. The first-order chi connectivity index (χ1) is 17.5. The molecule has 36 heavy (non-hydrogen) atoms. The molecule has 1 fully saturated rings. The van der Waals surface area contributed by atoms with E-state index in [4.69, 9.17) is 28.4 Å². The molecule has 2 N–H and O–H groups in total. The number of aromatic hydroxyl groups is 1. The van der Waals surface area contributed by atoms with Crippen molar-refractivity contribution in [3.05, 3.63) is 59.7 Å². The minimum atomic E-state index is -0.509. The highest BCUT2D eigenvalue weighted by molar-refractivity contribution is 5.94. The van der Waals surface area contributed by atoms with E-state index in [1.807, 2.05) is 36.4 Å². The molecular formula is C28H29NO7. The van der Waals surface area contributed by atoms with E-state index in [1.54, 1.807) is 40.6 Å². The van der Waals surface area contributed by atoms with Gasteiger partial charge in [-0.25, -0.2) is 0 Å². The highest BCUT2D eigenvalue weighted by Gasteiger charge is 2.46. The molecule has 0 saturated carbocycles. The Morgan fingerprint density at radius 1 is 0.778 bits per heavy atom. The Morgan fingerprint density at radius 2 is 1.47 bits per heavy atom. The van der Waals surface area contributed by atoms with Crippen LogP contribution in [0.5, 0.6) is 34.5 Å². The summed E-state index contributed by atoms with van der Waals surface area (Å²) in [4.78, 5) is 3.57. The third-order valence-electron chi connectivity index (χ3n) is 6.87. The highest BCUT2D eigenvalue weighted by Crippen LogP contribution is 2.51. The average molecular weight is 492 g/mol. The number of phenolic OH excluding ortho intramolecular Hbond substituents is 1. The van der Waals surface area contributed by atoms with Crippen molar-refractivity contribution in [3.63, 3.8) is 0 Å². The van der Waals surface area contributed by atoms with Crippen LogP contribution in [0, 0.1) is 0 Å². The Kier molecular flexibility index (Phi) is 6.05. The van der Waals surface area contributed by atoms with Crippen molar-refractivity contribution in [2.75, 3.05) is 48.8 Å². The second kappa shape index (κ2) is 9.20. The molecule has 3 aromatic carbocycles. The summed E-state index contributed by atoms with van der Waals surface area (Å²) in [5.74, 6) is 2.88. The van der Waals surface area contributed by atoms with Crippen LogP contribution in [0.2, 0.25) is 0 Å². The predicted molar refractivity (Wildman–Crippen MR) is 136 cm³/mol. The van der Waals surface area contributed by atoms with Gasteiger partial charge in [0.05, 0.1) is 59.9 Å². The van der Waals surface area contributed by atoms with Crippen LogP contribution in [0.3, 0.4) is 0 Å². The van der Waals surface area contributed by atoms with E-state index in [2.05, 4.69) is 4.98 Å². The van der Waals surface area contributed by atoms with Gasteiger partial charge in [-0.1, -0.05) is 0 Å². The first-order valence-electron chi connectivity index (χ1n) is 11.5. The fourth-order valence-electron chi connectivity index (χ4n) is 4.98. The van der Waals surface area contributed by atoms with Crippen LogP contribution in [-0.4, -0.2) is 58.9 Å². The minimum absolute atomic E-state index is 0.0592. The molecule has 0 atom stereocenters. The summed E-state index contributed by atoms with van der Waals surface area (Å²) >= 11 is 0. The van der Waals surface area contributed by atoms with Crippen LogP contribution in [-0.2, 0) is 10.2 Å². The maximum Gasteiger partial charge on any atom is 0.203 e. The van der Waals surface area contributed by atoms with Gasteiger partial charge in [0.1, 0.15) is 5.75 Å². The largest absolute Gasteiger partial charge is 0.504 e. The normalized spacial score (nSPS) is 14.2. The number of rotatable bonds is 8. The lowest BCUT2D eigenvalue weighted by atomic mass is 9.71. The van der Waals surface area contributed by atoms with Gasteiger partial charge < -0.3 is 38.5 Å². The van der Waals surface area contributed by atoms with Crippen molar-refractivity contribution >= 4 is 10.9 Å². The van der Waals surface area contributed by atoms with Crippen molar-refractivity contribution in [1.29, 1.82) is 0 Å². The second-order valence-corrected chi connectivity index (χ2v) is 8.66. The van der Waals surface area contributed by atoms with E-state index in [1.165, 1.54) is 7.11 Å². The van der Waals surface area contributed by atoms with Crippen molar-refractivity contribution in [2.24, 2.45) is 0 Å². The number of benzene rings is 3. The lowest BCUT2D eigenvalue weighted by Gasteiger charge is -2.43. The van der Waals surface area contributed by atoms with E-state index in [0.29, 0.717) is 36.2 Å². The van der Waals surface area contributed by atoms with Gasteiger partial charge in [0.15, 0.2) is 23.0 Å². The Bertz CT molecular complexity index is 1400. The van der Waals surface area contributed by atoms with Gasteiger partial charge in [-0.15, -0.1) is 0 Å². The van der Waals surface area contributed by atoms with Gasteiger partial charge in [-0.3, -0.25) is 0 Å². The van der Waals surface area contributed by atoms with Gasteiger partial charge in [0.25, 0.3) is 0 Å². The smallest absolute Gasteiger partial charge is 0.203 e. The van der Waals surface area contributed by atoms with Crippen LogP contribution in [0.15, 0.2) is 48.5 Å². The molecule has 0 aliphatic carbocycles. The van der Waals surface area contributed by atoms with E-state index in [9.17, 15) is 5.11 Å². The van der Waals surface area contributed by atoms with Crippen LogP contribution < -0.4 is 23.7 Å². The molecule has 0 bridgehead atoms. The number of hydrogen-bond acceptors (Lipinski definition) is 7. The number of hydrogen-bond donors (Lipinski definition) is 2. The highest BCUT2D eigenvalue weighted by atomic mass is 16.5. The summed E-state index contributed by atoms with van der Waals surface area (Å²) in [5, 5.41) is 11.6. The SMILES string of the molecule is COc1ccc2c(C3(c4cc(OC)c(OC)c(OC)c4)COC3)c(-c3ccc(OC)c(O)c3)[nH]c2c1. The zero-order chi connectivity index (χ0) is 25.4. The van der Waals surface area contributed by atoms with Crippen molar-refractivity contribution in [1.82, 2.24) is 4.98 Å². The fourth-order valence-corrected chi connectivity index (χ4v) is 4.98. The van der Waals surface area contributed by atoms with E-state index in [-0.39, 0.29) is 5.75 Å². The van der Waals surface area contributed by atoms with E-state index >= 15 is 0 Å². The van der Waals surface area contributed by atoms with Crippen LogP contribution in [0.1, 0.15) is 11.1 Å². The number of methoxy groups -OCH3 is 5. The van der Waals surface area contributed by atoms with Crippen LogP contribution >= 0.6 is 0 Å². The number of phenols is 1. The zero-order valence-electron chi connectivity index (χ0n) is 20.9. The molecule has 1 saturated heterocycles. The molecule has 0 radical (unpaired) electrons. The number of aromatic nitrogens is 1. The Labute approximate surface area is 209 Å². The quantitative estimate of drug-likeness (QED) is 0.362. The summed E-state index contributed by atoms with van der Waals surface area (Å²) in [6, 6.07) is 15.3. The minimum Gasteiger partial charge on any atom is -0.504 e. The molecule has 8 nitrogen and oxygen atoms in total. The molecule has 1 aliphatic heterocycles. The van der Waals surface area contributed by atoms with Gasteiger partial charge in [-0.05, 0) is 48.0 Å². The second-order valence-electron chi connectivity index (χ2n) is 8.66. The molecule has 188 valence electrons. The number of ether oxygens (including phenoxy) is 6. The first kappa shape index (κ1) is 23.7. The van der Waals surface area contributed by atoms with E-state index in [0.717, 1.165) is 39.0 Å². The van der Waals surface area contributed by atoms with Gasteiger partial charge >= 0.3 is 0 Å². The average Bonchev–Trinajstić information content (AvgIpc) is 3.26.